The van der Waals surface area contributed by atoms with Crippen LogP contribution in [0.2, 0.25) is 0 Å². The van der Waals surface area contributed by atoms with Gasteiger partial charge in [0.1, 0.15) is 12.2 Å². The van der Waals surface area contributed by atoms with Crippen molar-refractivity contribution >= 4 is 0 Å². The van der Waals surface area contributed by atoms with E-state index in [1.165, 1.54) is 12.8 Å². The summed E-state index contributed by atoms with van der Waals surface area (Å²) in [5.41, 5.74) is 0. The molecule has 2 atom stereocenters. The predicted molar refractivity (Wildman–Crippen MR) is 65.8 cm³/mol. The second kappa shape index (κ2) is 5.60. The van der Waals surface area contributed by atoms with E-state index in [1.807, 2.05) is 13.3 Å². The maximum absolute atomic E-state index is 9.45. The molecule has 0 spiro atoms. The lowest BCUT2D eigenvalue weighted by Crippen LogP contribution is -2.39. The van der Waals surface area contributed by atoms with Gasteiger partial charge in [0.25, 0.3) is 0 Å². The molecular formula is C12H22N4O. The third kappa shape index (κ3) is 3.04. The van der Waals surface area contributed by atoms with Crippen molar-refractivity contribution in [2.45, 2.75) is 45.3 Å². The van der Waals surface area contributed by atoms with Crippen LogP contribution in [0.5, 0.6) is 0 Å². The lowest BCUT2D eigenvalue weighted by molar-refractivity contribution is 0.105. The Morgan fingerprint density at radius 1 is 1.59 bits per heavy atom. The van der Waals surface area contributed by atoms with Crippen molar-refractivity contribution in [3.63, 3.8) is 0 Å². The van der Waals surface area contributed by atoms with Crippen molar-refractivity contribution in [2.75, 3.05) is 19.6 Å². The minimum absolute atomic E-state index is 0.252. The molecule has 5 nitrogen and oxygen atoms in total. The number of hydrogen-bond donors (Lipinski definition) is 1. The molecule has 1 fully saturated rings. The summed E-state index contributed by atoms with van der Waals surface area (Å²) in [6.45, 7) is 7.72. The monoisotopic (exact) mass is 238 g/mol. The summed E-state index contributed by atoms with van der Waals surface area (Å²) in [4.78, 5) is 2.33. The van der Waals surface area contributed by atoms with Gasteiger partial charge < -0.3 is 14.6 Å². The molecule has 17 heavy (non-hydrogen) atoms. The van der Waals surface area contributed by atoms with Crippen LogP contribution in [-0.4, -0.2) is 50.5 Å². The first-order valence-corrected chi connectivity index (χ1v) is 6.48. The number of rotatable bonds is 4. The minimum Gasteiger partial charge on any atom is -0.392 e. The molecule has 2 unspecified atom stereocenters. The van der Waals surface area contributed by atoms with E-state index in [0.717, 1.165) is 32.0 Å². The Labute approximate surface area is 102 Å². The first kappa shape index (κ1) is 12.5. The highest BCUT2D eigenvalue weighted by Gasteiger charge is 2.25. The fourth-order valence-corrected chi connectivity index (χ4v) is 2.63. The Morgan fingerprint density at radius 3 is 3.12 bits per heavy atom. The Kier molecular flexibility index (Phi) is 4.12. The van der Waals surface area contributed by atoms with Crippen LogP contribution < -0.4 is 0 Å². The zero-order chi connectivity index (χ0) is 12.3. The highest BCUT2D eigenvalue weighted by Crippen LogP contribution is 2.25. The third-order valence-corrected chi connectivity index (χ3v) is 3.38. The van der Waals surface area contributed by atoms with E-state index >= 15 is 0 Å². The van der Waals surface area contributed by atoms with Gasteiger partial charge in [0, 0.05) is 25.6 Å². The predicted octanol–water partition coefficient (Wildman–Crippen LogP) is 0.858. The molecule has 0 saturated carbocycles. The average Bonchev–Trinajstić information content (AvgIpc) is 2.76. The number of piperidine rings is 1. The van der Waals surface area contributed by atoms with Gasteiger partial charge in [-0.3, -0.25) is 0 Å². The maximum Gasteiger partial charge on any atom is 0.137 e. The van der Waals surface area contributed by atoms with Crippen LogP contribution in [0.4, 0.5) is 0 Å². The van der Waals surface area contributed by atoms with Crippen molar-refractivity contribution in [3.8, 4) is 0 Å². The van der Waals surface area contributed by atoms with Crippen molar-refractivity contribution in [1.29, 1.82) is 0 Å². The van der Waals surface area contributed by atoms with Crippen molar-refractivity contribution in [3.05, 3.63) is 12.2 Å². The standard InChI is InChI=1S/C12H22N4O/c1-3-16-9-13-14-12(16)11-5-4-6-15(8-11)7-10(2)17/h9-11,17H,3-8H2,1-2H3. The third-order valence-electron chi connectivity index (χ3n) is 3.38. The van der Waals surface area contributed by atoms with Gasteiger partial charge >= 0.3 is 0 Å². The van der Waals surface area contributed by atoms with E-state index in [-0.39, 0.29) is 6.10 Å². The highest BCUT2D eigenvalue weighted by atomic mass is 16.3. The Bertz CT molecular complexity index is 350. The number of aliphatic hydroxyl groups is 1. The zero-order valence-corrected chi connectivity index (χ0v) is 10.7. The Hall–Kier alpha value is -0.940. The SMILES string of the molecule is CCn1cnnc1C1CCCN(CC(C)O)C1. The molecular weight excluding hydrogens is 216 g/mol. The van der Waals surface area contributed by atoms with Gasteiger partial charge in [0.05, 0.1) is 6.10 Å². The highest BCUT2D eigenvalue weighted by molar-refractivity contribution is 4.99. The van der Waals surface area contributed by atoms with Gasteiger partial charge in [-0.15, -0.1) is 10.2 Å². The van der Waals surface area contributed by atoms with Gasteiger partial charge in [-0.25, -0.2) is 0 Å². The lowest BCUT2D eigenvalue weighted by atomic mass is 9.97. The average molecular weight is 238 g/mol. The molecule has 2 rings (SSSR count). The summed E-state index contributed by atoms with van der Waals surface area (Å²) in [5.74, 6) is 1.56. The second-order valence-electron chi connectivity index (χ2n) is 4.92. The number of β-amino-alcohol motifs (C(OH)–C–C–N with tert-alkyl or cyclic N) is 1. The zero-order valence-electron chi connectivity index (χ0n) is 10.7. The summed E-state index contributed by atoms with van der Waals surface area (Å²) in [5, 5.41) is 17.7. The minimum atomic E-state index is -0.252. The smallest absolute Gasteiger partial charge is 0.137 e. The molecule has 0 radical (unpaired) electrons. The summed E-state index contributed by atoms with van der Waals surface area (Å²) in [6, 6.07) is 0. The van der Waals surface area contributed by atoms with Crippen molar-refractivity contribution in [1.82, 2.24) is 19.7 Å². The van der Waals surface area contributed by atoms with Crippen LogP contribution in [0.15, 0.2) is 6.33 Å². The second-order valence-corrected chi connectivity index (χ2v) is 4.92. The number of likely N-dealkylation sites (tertiary alicyclic amines) is 1. The van der Waals surface area contributed by atoms with Crippen LogP contribution in [-0.2, 0) is 6.54 Å². The molecule has 0 aromatic carbocycles. The summed E-state index contributed by atoms with van der Waals surface area (Å²) in [6.07, 6.45) is 3.91. The van der Waals surface area contributed by atoms with Crippen molar-refractivity contribution in [2.24, 2.45) is 0 Å². The van der Waals surface area contributed by atoms with Crippen LogP contribution in [0, 0.1) is 0 Å². The van der Waals surface area contributed by atoms with Crippen LogP contribution in [0.1, 0.15) is 38.4 Å². The maximum atomic E-state index is 9.45. The number of hydrogen-bond acceptors (Lipinski definition) is 4. The fourth-order valence-electron chi connectivity index (χ4n) is 2.63. The molecule has 5 heteroatoms. The largest absolute Gasteiger partial charge is 0.392 e. The van der Waals surface area contributed by atoms with E-state index in [9.17, 15) is 5.11 Å². The first-order valence-electron chi connectivity index (χ1n) is 6.48. The Morgan fingerprint density at radius 2 is 2.41 bits per heavy atom. The molecule has 1 N–H and O–H groups in total. The number of aliphatic hydroxyl groups excluding tert-OH is 1. The molecule has 1 aromatic rings. The summed E-state index contributed by atoms with van der Waals surface area (Å²) in [7, 11) is 0. The van der Waals surface area contributed by atoms with E-state index in [0.29, 0.717) is 5.92 Å². The van der Waals surface area contributed by atoms with Gasteiger partial charge in [0.15, 0.2) is 0 Å². The van der Waals surface area contributed by atoms with E-state index in [4.69, 9.17) is 0 Å². The molecule has 2 heterocycles. The molecule has 1 aromatic heterocycles. The normalized spacial score (nSPS) is 23.8. The van der Waals surface area contributed by atoms with Gasteiger partial charge in [0.2, 0.25) is 0 Å². The van der Waals surface area contributed by atoms with Crippen molar-refractivity contribution < 1.29 is 5.11 Å². The number of nitrogens with zero attached hydrogens (tertiary/aromatic N) is 4. The molecule has 0 bridgehead atoms. The van der Waals surface area contributed by atoms with Crippen LogP contribution in [0.3, 0.4) is 0 Å². The van der Waals surface area contributed by atoms with Crippen LogP contribution in [0.25, 0.3) is 0 Å². The van der Waals surface area contributed by atoms with E-state index in [1.54, 1.807) is 0 Å². The quantitative estimate of drug-likeness (QED) is 0.845. The van der Waals surface area contributed by atoms with Gasteiger partial charge in [-0.05, 0) is 33.2 Å². The summed E-state index contributed by atoms with van der Waals surface area (Å²) >= 11 is 0. The molecule has 0 aliphatic carbocycles. The van der Waals surface area contributed by atoms with Gasteiger partial charge in [-0.2, -0.15) is 0 Å². The number of aryl methyl sites for hydroxylation is 1. The molecule has 0 amide bonds. The van der Waals surface area contributed by atoms with E-state index < -0.39 is 0 Å². The molecule has 1 aliphatic heterocycles. The van der Waals surface area contributed by atoms with Gasteiger partial charge in [-0.1, -0.05) is 0 Å². The molecule has 1 saturated heterocycles. The molecule has 1 aliphatic rings. The molecule has 96 valence electrons. The lowest BCUT2D eigenvalue weighted by Gasteiger charge is -2.32. The fraction of sp³-hybridized carbons (Fsp3) is 0.833. The number of aromatic nitrogens is 3. The van der Waals surface area contributed by atoms with Crippen LogP contribution >= 0.6 is 0 Å². The topological polar surface area (TPSA) is 54.2 Å². The Balaban J connectivity index is 2.02. The summed E-state index contributed by atoms with van der Waals surface area (Å²) < 4.78 is 2.12. The van der Waals surface area contributed by atoms with E-state index in [2.05, 4.69) is 26.6 Å². The first-order chi connectivity index (χ1) is 8.20.